The van der Waals surface area contributed by atoms with Crippen LogP contribution in [0.3, 0.4) is 0 Å². The summed E-state index contributed by atoms with van der Waals surface area (Å²) in [4.78, 5) is 76.8. The Kier molecular flexibility index (Phi) is 18.6. The number of urea groups is 1. The summed E-state index contributed by atoms with van der Waals surface area (Å²) in [6.07, 6.45) is 8.99. The third-order valence-electron chi connectivity index (χ3n) is 14.1. The number of hydrogen-bond acceptors (Lipinski definition) is 12. The molecule has 5 aromatic rings. The molecule has 406 valence electrons. The van der Waals surface area contributed by atoms with Gasteiger partial charge in [-0.3, -0.25) is 29.4 Å². The number of phenols is 1. The van der Waals surface area contributed by atoms with Crippen LogP contribution in [0.5, 0.6) is 5.75 Å². The number of aromatic hydroxyl groups is 1. The number of hydrogen-bond donors (Lipinski definition) is 5. The summed E-state index contributed by atoms with van der Waals surface area (Å²) in [5.74, 6) is -0.972. The van der Waals surface area contributed by atoms with Crippen LogP contribution in [0.25, 0.3) is 34.2 Å². The minimum Gasteiger partial charge on any atom is -0.508 e. The molecule has 2 aliphatic heterocycles. The smallest absolute Gasteiger partial charge is 0.319 e. The normalized spacial score (nSPS) is 15.2. The SMILES string of the molecule is C=CC(=O)N1CCN(c2nc(NCCC(C)(C)OCCC(C)(C)c3cc(Cl)cc(NC(=O)NCc4ccc(C=O)c(CN(C)C5CCC(=O)NC5=O)c4)c3)nc3c(F)c(-c4cc(O)cc(C=C)c4/C=C\C)c(Cl)cc23)CC1. The quantitative estimate of drug-likeness (QED) is 0.0265. The average molecular weight is 1090 g/mol. The molecule has 1 atom stereocenters. The molecule has 5 N–H and O–H groups in total. The number of anilines is 3. The van der Waals surface area contributed by atoms with Gasteiger partial charge < -0.3 is 35.6 Å². The minimum absolute atomic E-state index is 0.0280. The van der Waals surface area contributed by atoms with Gasteiger partial charge in [-0.05, 0) is 128 Å². The van der Waals surface area contributed by atoms with Gasteiger partial charge in [0.05, 0.1) is 16.7 Å². The number of rotatable bonds is 21. The summed E-state index contributed by atoms with van der Waals surface area (Å²) >= 11 is 13.6. The molecule has 0 aliphatic carbocycles. The van der Waals surface area contributed by atoms with Crippen molar-refractivity contribution in [3.8, 4) is 16.9 Å². The lowest BCUT2D eigenvalue weighted by Crippen LogP contribution is -2.51. The van der Waals surface area contributed by atoms with Crippen LogP contribution >= 0.6 is 23.2 Å². The van der Waals surface area contributed by atoms with E-state index in [-0.39, 0.29) is 65.0 Å². The van der Waals surface area contributed by atoms with Gasteiger partial charge in [-0.15, -0.1) is 0 Å². The lowest BCUT2D eigenvalue weighted by Gasteiger charge is -2.35. The number of phenolic OH excluding ortho intramolecular Hbond substituents is 1. The Morgan fingerprint density at radius 2 is 1.75 bits per heavy atom. The number of carbonyl (C=O) groups is 5. The third kappa shape index (κ3) is 14.1. The highest BCUT2D eigenvalue weighted by molar-refractivity contribution is 6.34. The van der Waals surface area contributed by atoms with Crippen LogP contribution in [-0.2, 0) is 37.6 Å². The van der Waals surface area contributed by atoms with Crippen molar-refractivity contribution in [2.24, 2.45) is 0 Å². The van der Waals surface area contributed by atoms with Crippen molar-refractivity contribution in [3.63, 3.8) is 0 Å². The van der Waals surface area contributed by atoms with Crippen molar-refractivity contribution >= 4 is 93.7 Å². The Labute approximate surface area is 458 Å². The van der Waals surface area contributed by atoms with Crippen molar-refractivity contribution in [1.82, 2.24) is 30.4 Å². The van der Waals surface area contributed by atoms with Crippen molar-refractivity contribution in [2.45, 2.75) is 90.4 Å². The first-order valence-electron chi connectivity index (χ1n) is 25.5. The number of carbonyl (C=O) groups excluding carboxylic acids is 5. The van der Waals surface area contributed by atoms with Gasteiger partial charge in [-0.25, -0.2) is 14.2 Å². The van der Waals surface area contributed by atoms with Gasteiger partial charge in [0.15, 0.2) is 5.82 Å². The maximum atomic E-state index is 17.2. The van der Waals surface area contributed by atoms with Crippen LogP contribution in [0, 0.1) is 5.82 Å². The number of nitrogens with one attached hydrogen (secondary N) is 4. The lowest BCUT2D eigenvalue weighted by atomic mass is 9.81. The Morgan fingerprint density at radius 1 is 1.00 bits per heavy atom. The van der Waals surface area contributed by atoms with E-state index < -0.39 is 28.9 Å². The van der Waals surface area contributed by atoms with Crippen LogP contribution in [-0.4, -0.2) is 113 Å². The fraction of sp³-hybridized carbons (Fsp3) is 0.362. The number of piperazine rings is 1. The Balaban J connectivity index is 0.994. The summed E-state index contributed by atoms with van der Waals surface area (Å²) in [6.45, 7) is 20.3. The summed E-state index contributed by atoms with van der Waals surface area (Å²) in [5.41, 5.74) is 3.89. The number of ether oxygens (including phenoxy) is 1. The first-order valence-corrected chi connectivity index (χ1v) is 26.2. The fourth-order valence-electron chi connectivity index (χ4n) is 9.59. The third-order valence-corrected chi connectivity index (χ3v) is 14.6. The van der Waals surface area contributed by atoms with E-state index in [9.17, 15) is 29.1 Å². The van der Waals surface area contributed by atoms with Crippen molar-refractivity contribution in [2.75, 3.05) is 61.9 Å². The highest BCUT2D eigenvalue weighted by atomic mass is 35.5. The number of fused-ring (bicyclic) bond motifs is 1. The van der Waals surface area contributed by atoms with Gasteiger partial charge in [-0.2, -0.15) is 4.98 Å². The topological polar surface area (TPSA) is 198 Å². The van der Waals surface area contributed by atoms with E-state index in [1.165, 1.54) is 12.1 Å². The van der Waals surface area contributed by atoms with Crippen LogP contribution in [0.4, 0.5) is 26.6 Å². The molecule has 1 aromatic heterocycles. The second kappa shape index (κ2) is 24.9. The predicted molar refractivity (Wildman–Crippen MR) is 303 cm³/mol. The molecule has 19 heteroatoms. The standard InChI is InChI=1S/C58H66Cl2FN9O7/c1-9-12-43-36(10-2)26-42(72)30-44(43)50-46(60)31-45-52(51(50)61)66-55(67-53(45)70-22-20-69(21-23-70)49(74)11-3)62-19-17-58(6,7)77-24-18-57(4,5)39-27-40(59)29-41(28-39)64-56(76)63-32-35-13-14-37(34-71)38(25-35)33-68(8)47-15-16-48(73)65-54(47)75/h9-14,25-31,34,47,72H,2-3,15-24,32-33H2,1,4-8H3,(H,62,66,67)(H2,63,64,76)(H,65,73,75)/b12-9-. The van der Waals surface area contributed by atoms with Crippen LogP contribution in [0.15, 0.2) is 79.9 Å². The largest absolute Gasteiger partial charge is 0.508 e. The molecule has 2 fully saturated rings. The van der Waals surface area contributed by atoms with E-state index in [4.69, 9.17) is 37.9 Å². The molecule has 5 amide bonds. The molecule has 3 heterocycles. The van der Waals surface area contributed by atoms with Crippen molar-refractivity contribution < 1.29 is 38.2 Å². The number of aromatic nitrogens is 2. The maximum absolute atomic E-state index is 17.2. The first-order chi connectivity index (χ1) is 36.6. The zero-order chi connectivity index (χ0) is 55.8. The molecular formula is C58H66Cl2FN9O7. The lowest BCUT2D eigenvalue weighted by molar-refractivity contribution is -0.137. The van der Waals surface area contributed by atoms with Crippen LogP contribution in [0.2, 0.25) is 10.0 Å². The van der Waals surface area contributed by atoms with Gasteiger partial charge in [0, 0.05) is 86.1 Å². The molecule has 77 heavy (non-hydrogen) atoms. The molecule has 16 nitrogen and oxygen atoms in total. The number of benzene rings is 4. The fourth-order valence-corrected chi connectivity index (χ4v) is 10.1. The molecular weight excluding hydrogens is 1020 g/mol. The summed E-state index contributed by atoms with van der Waals surface area (Å²) in [7, 11) is 1.77. The summed E-state index contributed by atoms with van der Waals surface area (Å²) in [5, 5.41) is 23.1. The number of allylic oxidation sites excluding steroid dienone is 1. The van der Waals surface area contributed by atoms with E-state index in [1.54, 1.807) is 53.3 Å². The number of imide groups is 1. The number of halogens is 3. The Morgan fingerprint density at radius 3 is 2.44 bits per heavy atom. The predicted octanol–water partition coefficient (Wildman–Crippen LogP) is 10.3. The number of likely N-dealkylation sites (N-methyl/N-ethyl adjacent to an activating group) is 1. The molecule has 0 spiro atoms. The zero-order valence-electron chi connectivity index (χ0n) is 44.3. The summed E-state index contributed by atoms with van der Waals surface area (Å²) < 4.78 is 23.7. The number of aldehydes is 1. The molecule has 7 rings (SSSR count). The van der Waals surface area contributed by atoms with Crippen LogP contribution < -0.4 is 26.2 Å². The Bertz CT molecular complexity index is 3140. The molecule has 2 saturated heterocycles. The Hall–Kier alpha value is -7.18. The second-order valence-electron chi connectivity index (χ2n) is 20.5. The maximum Gasteiger partial charge on any atom is 0.319 e. The van der Waals surface area contributed by atoms with E-state index in [0.717, 1.165) is 17.4 Å². The zero-order valence-corrected chi connectivity index (χ0v) is 45.8. The minimum atomic E-state index is -0.688. The van der Waals surface area contributed by atoms with E-state index in [0.29, 0.717) is 108 Å². The molecule has 4 aromatic carbocycles. The van der Waals surface area contributed by atoms with Crippen molar-refractivity contribution in [1.29, 1.82) is 0 Å². The van der Waals surface area contributed by atoms with Crippen LogP contribution in [0.1, 0.15) is 98.5 Å². The molecule has 0 radical (unpaired) electrons. The highest BCUT2D eigenvalue weighted by Gasteiger charge is 2.31. The van der Waals surface area contributed by atoms with E-state index in [1.807, 2.05) is 56.0 Å². The molecule has 0 saturated carbocycles. The second-order valence-corrected chi connectivity index (χ2v) is 21.4. The number of nitrogens with zero attached hydrogens (tertiary/aromatic N) is 5. The molecule has 2 aliphatic rings. The van der Waals surface area contributed by atoms with Gasteiger partial charge in [0.1, 0.15) is 23.4 Å². The van der Waals surface area contributed by atoms with Gasteiger partial charge in [0.25, 0.3) is 0 Å². The van der Waals surface area contributed by atoms with E-state index in [2.05, 4.69) is 48.3 Å². The van der Waals surface area contributed by atoms with Gasteiger partial charge >= 0.3 is 6.03 Å². The van der Waals surface area contributed by atoms with Crippen molar-refractivity contribution in [3.05, 3.63) is 129 Å². The number of piperidine rings is 1. The van der Waals surface area contributed by atoms with E-state index >= 15 is 4.39 Å². The monoisotopic (exact) mass is 1090 g/mol. The highest BCUT2D eigenvalue weighted by Crippen LogP contribution is 2.43. The average Bonchev–Trinajstić information content (AvgIpc) is 3.39. The number of amides is 5. The summed E-state index contributed by atoms with van der Waals surface area (Å²) in [6, 6.07) is 14.4. The molecule has 1 unspecified atom stereocenters. The van der Waals surface area contributed by atoms with Gasteiger partial charge in [-0.1, -0.05) is 86.6 Å². The molecule has 0 bridgehead atoms. The van der Waals surface area contributed by atoms with Gasteiger partial charge in [0.2, 0.25) is 23.7 Å². The first kappa shape index (κ1) is 57.5.